The Balaban J connectivity index is 2.63. The molecule has 0 aliphatic heterocycles. The first-order valence-electron chi connectivity index (χ1n) is 2.21. The van der Waals surface area contributed by atoms with Crippen molar-refractivity contribution in [1.82, 2.24) is 0 Å². The lowest BCUT2D eigenvalue weighted by Crippen LogP contribution is -2.09. The van der Waals surface area contributed by atoms with Gasteiger partial charge in [-0.2, -0.15) is 12.6 Å². The third-order valence-electron chi connectivity index (χ3n) is 0.584. The van der Waals surface area contributed by atoms with Crippen LogP contribution in [0.2, 0.25) is 0 Å². The molecule has 38 valence electrons. The molecular weight excluding hydrogens is 94.1 g/mol. The summed E-state index contributed by atoms with van der Waals surface area (Å²) in [4.78, 5) is 0. The molecule has 0 amide bonds. The van der Waals surface area contributed by atoms with Gasteiger partial charge in [0.05, 0.1) is 0 Å². The van der Waals surface area contributed by atoms with Gasteiger partial charge in [-0.05, 0) is 6.42 Å². The van der Waals surface area contributed by atoms with Crippen molar-refractivity contribution in [3.63, 3.8) is 0 Å². The van der Waals surface area contributed by atoms with Crippen LogP contribution in [0.4, 0.5) is 0 Å². The second-order valence-electron chi connectivity index (χ2n) is 1.36. The Morgan fingerprint density at radius 2 is 2.33 bits per heavy atom. The SMILES string of the molecule is CCCC(N)S. The van der Waals surface area contributed by atoms with Gasteiger partial charge in [0.1, 0.15) is 0 Å². The molecule has 6 heavy (non-hydrogen) atoms. The van der Waals surface area contributed by atoms with Crippen LogP contribution in [0, 0.1) is 0 Å². The zero-order chi connectivity index (χ0) is 4.99. The molecule has 1 nitrogen and oxygen atoms in total. The number of hydrogen-bond donors (Lipinski definition) is 2. The molecule has 0 aliphatic rings. The van der Waals surface area contributed by atoms with Gasteiger partial charge in [-0.1, -0.05) is 13.3 Å². The summed E-state index contributed by atoms with van der Waals surface area (Å²) in [5.74, 6) is 0. The van der Waals surface area contributed by atoms with E-state index in [2.05, 4.69) is 19.6 Å². The second-order valence-corrected chi connectivity index (χ2v) is 2.02. The maximum atomic E-state index is 5.27. The van der Waals surface area contributed by atoms with E-state index in [-0.39, 0.29) is 5.37 Å². The van der Waals surface area contributed by atoms with Gasteiger partial charge in [0.15, 0.2) is 0 Å². The lowest BCUT2D eigenvalue weighted by Gasteiger charge is -1.95. The molecule has 0 saturated heterocycles. The Bertz CT molecular complexity index is 28.7. The van der Waals surface area contributed by atoms with E-state index in [9.17, 15) is 0 Å². The van der Waals surface area contributed by atoms with Crippen LogP contribution >= 0.6 is 12.6 Å². The van der Waals surface area contributed by atoms with E-state index in [1.807, 2.05) is 0 Å². The topological polar surface area (TPSA) is 26.0 Å². The molecule has 2 heteroatoms. The number of thiol groups is 1. The molecule has 0 saturated carbocycles. The van der Waals surface area contributed by atoms with E-state index in [0.717, 1.165) is 12.8 Å². The number of hydrogen-bond acceptors (Lipinski definition) is 2. The molecule has 0 aromatic carbocycles. The predicted octanol–water partition coefficient (Wildman–Crippen LogP) is 1.00. The van der Waals surface area contributed by atoms with Gasteiger partial charge in [-0.3, -0.25) is 0 Å². The lowest BCUT2D eigenvalue weighted by atomic mass is 10.3. The third-order valence-corrected chi connectivity index (χ3v) is 0.843. The molecule has 1 unspecified atom stereocenters. The van der Waals surface area contributed by atoms with Crippen molar-refractivity contribution in [2.24, 2.45) is 5.73 Å². The summed E-state index contributed by atoms with van der Waals surface area (Å²) in [5.41, 5.74) is 5.27. The first-order chi connectivity index (χ1) is 2.77. The van der Waals surface area contributed by atoms with Crippen molar-refractivity contribution < 1.29 is 0 Å². The normalized spacial score (nSPS) is 14.5. The van der Waals surface area contributed by atoms with E-state index in [1.165, 1.54) is 0 Å². The predicted molar refractivity (Wildman–Crippen MR) is 31.9 cm³/mol. The number of rotatable bonds is 2. The molecule has 0 bridgehead atoms. The Hall–Kier alpha value is 0.310. The smallest absolute Gasteiger partial charge is 0.0477 e. The Kier molecular flexibility index (Phi) is 3.68. The van der Waals surface area contributed by atoms with Crippen molar-refractivity contribution >= 4 is 12.6 Å². The first-order valence-corrected chi connectivity index (χ1v) is 2.72. The quantitative estimate of drug-likeness (QED) is 0.397. The van der Waals surface area contributed by atoms with Gasteiger partial charge in [-0.15, -0.1) is 0 Å². The van der Waals surface area contributed by atoms with Crippen LogP contribution in [0.3, 0.4) is 0 Å². The minimum atomic E-state index is 0.0926. The van der Waals surface area contributed by atoms with E-state index in [1.54, 1.807) is 0 Å². The average Bonchev–Trinajstić information content (AvgIpc) is 1.35. The van der Waals surface area contributed by atoms with E-state index < -0.39 is 0 Å². The molecule has 1 atom stereocenters. The maximum Gasteiger partial charge on any atom is 0.0477 e. The molecule has 0 rings (SSSR count). The fourth-order valence-corrected chi connectivity index (χ4v) is 0.554. The Morgan fingerprint density at radius 3 is 2.33 bits per heavy atom. The highest BCUT2D eigenvalue weighted by Crippen LogP contribution is 1.94. The summed E-state index contributed by atoms with van der Waals surface area (Å²) in [6, 6.07) is 0. The summed E-state index contributed by atoms with van der Waals surface area (Å²) in [7, 11) is 0. The molecule has 2 N–H and O–H groups in total. The minimum absolute atomic E-state index is 0.0926. The van der Waals surface area contributed by atoms with Crippen LogP contribution < -0.4 is 5.73 Å². The summed E-state index contributed by atoms with van der Waals surface area (Å²) < 4.78 is 0. The van der Waals surface area contributed by atoms with Crippen molar-refractivity contribution in [3.8, 4) is 0 Å². The number of nitrogens with two attached hydrogens (primary N) is 1. The monoisotopic (exact) mass is 105 g/mol. The summed E-state index contributed by atoms with van der Waals surface area (Å²) in [6.45, 7) is 2.09. The maximum absolute atomic E-state index is 5.27. The fourth-order valence-electron chi connectivity index (χ4n) is 0.296. The molecule has 0 heterocycles. The standard InChI is InChI=1S/C4H11NS/c1-2-3-4(5)6/h4,6H,2-3,5H2,1H3. The average molecular weight is 105 g/mol. The van der Waals surface area contributed by atoms with Crippen LogP contribution in [-0.4, -0.2) is 5.37 Å². The summed E-state index contributed by atoms with van der Waals surface area (Å²) >= 11 is 3.96. The molecule has 0 fully saturated rings. The van der Waals surface area contributed by atoms with Crippen molar-refractivity contribution in [2.75, 3.05) is 0 Å². The highest BCUT2D eigenvalue weighted by Gasteiger charge is 1.86. The molecule has 0 aliphatic carbocycles. The zero-order valence-corrected chi connectivity index (χ0v) is 4.91. The molecule has 0 radical (unpaired) electrons. The van der Waals surface area contributed by atoms with Gasteiger partial charge in [0.25, 0.3) is 0 Å². The van der Waals surface area contributed by atoms with E-state index >= 15 is 0 Å². The van der Waals surface area contributed by atoms with Crippen LogP contribution in [0.15, 0.2) is 0 Å². The van der Waals surface area contributed by atoms with E-state index in [4.69, 9.17) is 5.73 Å². The Labute approximate surface area is 44.3 Å². The summed E-state index contributed by atoms with van der Waals surface area (Å²) in [6.07, 6.45) is 2.15. The zero-order valence-electron chi connectivity index (χ0n) is 4.02. The third kappa shape index (κ3) is 4.31. The largest absolute Gasteiger partial charge is 0.320 e. The van der Waals surface area contributed by atoms with Crippen molar-refractivity contribution in [3.05, 3.63) is 0 Å². The van der Waals surface area contributed by atoms with Crippen LogP contribution in [0.1, 0.15) is 19.8 Å². The van der Waals surface area contributed by atoms with Gasteiger partial charge in [-0.25, -0.2) is 0 Å². The van der Waals surface area contributed by atoms with Crippen molar-refractivity contribution in [1.29, 1.82) is 0 Å². The minimum Gasteiger partial charge on any atom is -0.320 e. The highest BCUT2D eigenvalue weighted by molar-refractivity contribution is 7.80. The first kappa shape index (κ1) is 6.31. The molecule has 0 spiro atoms. The fraction of sp³-hybridized carbons (Fsp3) is 1.00. The lowest BCUT2D eigenvalue weighted by molar-refractivity contribution is 0.769. The van der Waals surface area contributed by atoms with Crippen molar-refractivity contribution in [2.45, 2.75) is 25.1 Å². The van der Waals surface area contributed by atoms with Crippen LogP contribution in [0.5, 0.6) is 0 Å². The molecule has 0 aromatic rings. The van der Waals surface area contributed by atoms with Gasteiger partial charge >= 0.3 is 0 Å². The van der Waals surface area contributed by atoms with Gasteiger partial charge in [0.2, 0.25) is 0 Å². The Morgan fingerprint density at radius 1 is 1.83 bits per heavy atom. The highest BCUT2D eigenvalue weighted by atomic mass is 32.1. The van der Waals surface area contributed by atoms with Gasteiger partial charge in [0, 0.05) is 5.37 Å². The molecule has 0 aromatic heterocycles. The van der Waals surface area contributed by atoms with Crippen LogP contribution in [-0.2, 0) is 0 Å². The summed E-state index contributed by atoms with van der Waals surface area (Å²) in [5, 5.41) is 0.0926. The van der Waals surface area contributed by atoms with Gasteiger partial charge < -0.3 is 5.73 Å². The van der Waals surface area contributed by atoms with Crippen LogP contribution in [0.25, 0.3) is 0 Å². The molecular formula is C4H11NS. The second kappa shape index (κ2) is 3.50. The van der Waals surface area contributed by atoms with E-state index in [0.29, 0.717) is 0 Å².